The van der Waals surface area contributed by atoms with E-state index in [1.54, 1.807) is 38.6 Å². The van der Waals surface area contributed by atoms with Crippen molar-refractivity contribution in [3.63, 3.8) is 0 Å². The van der Waals surface area contributed by atoms with Crippen LogP contribution >= 0.6 is 11.8 Å². The SMILES string of the molecule is C=Cc1cccc(C(C(=O)NC(C)(C)C)N(CC)C(=O)C(CCSC)NC(=O)OC(C)(C)C)c1. The Kier molecular flexibility index (Phi) is 11.2. The Bertz CT molecular complexity index is 858. The monoisotopic (exact) mass is 491 g/mol. The molecule has 0 radical (unpaired) electrons. The van der Waals surface area contributed by atoms with Gasteiger partial charge in [-0.2, -0.15) is 11.8 Å². The highest BCUT2D eigenvalue weighted by Crippen LogP contribution is 2.25. The molecule has 8 heteroatoms. The zero-order chi connectivity index (χ0) is 26.1. The molecule has 34 heavy (non-hydrogen) atoms. The Morgan fingerprint density at radius 1 is 1.18 bits per heavy atom. The lowest BCUT2D eigenvalue weighted by Gasteiger charge is -2.35. The van der Waals surface area contributed by atoms with Crippen LogP contribution in [0.15, 0.2) is 30.8 Å². The van der Waals surface area contributed by atoms with Gasteiger partial charge in [0.15, 0.2) is 0 Å². The largest absolute Gasteiger partial charge is 0.444 e. The lowest BCUT2D eigenvalue weighted by molar-refractivity contribution is -0.142. The number of hydrogen-bond donors (Lipinski definition) is 2. The molecule has 0 saturated heterocycles. The lowest BCUT2D eigenvalue weighted by atomic mass is 9.98. The molecule has 190 valence electrons. The first-order chi connectivity index (χ1) is 15.7. The van der Waals surface area contributed by atoms with Crippen molar-refractivity contribution in [2.75, 3.05) is 18.6 Å². The third kappa shape index (κ3) is 9.79. The molecule has 0 saturated carbocycles. The van der Waals surface area contributed by atoms with Crippen LogP contribution in [0.5, 0.6) is 0 Å². The summed E-state index contributed by atoms with van der Waals surface area (Å²) < 4.78 is 5.38. The minimum Gasteiger partial charge on any atom is -0.444 e. The first-order valence-electron chi connectivity index (χ1n) is 11.6. The number of alkyl carbamates (subject to hydrolysis) is 1. The van der Waals surface area contributed by atoms with Crippen molar-refractivity contribution >= 4 is 35.7 Å². The van der Waals surface area contributed by atoms with Crippen LogP contribution in [0.3, 0.4) is 0 Å². The van der Waals surface area contributed by atoms with Gasteiger partial charge in [-0.15, -0.1) is 0 Å². The normalized spacial score (nSPS) is 13.4. The summed E-state index contributed by atoms with van der Waals surface area (Å²) in [5.74, 6) is 0.0412. The predicted octanol–water partition coefficient (Wildman–Crippen LogP) is 4.78. The summed E-state index contributed by atoms with van der Waals surface area (Å²) >= 11 is 1.58. The summed E-state index contributed by atoms with van der Waals surface area (Å²) in [5.41, 5.74) is 0.346. The van der Waals surface area contributed by atoms with E-state index in [0.717, 1.165) is 5.56 Å². The molecule has 2 atom stereocenters. The summed E-state index contributed by atoms with van der Waals surface area (Å²) in [4.78, 5) is 41.2. The molecule has 2 N–H and O–H groups in total. The van der Waals surface area contributed by atoms with E-state index in [1.165, 1.54) is 4.90 Å². The second kappa shape index (κ2) is 12.8. The van der Waals surface area contributed by atoms with Crippen LogP contribution in [-0.4, -0.2) is 58.5 Å². The van der Waals surface area contributed by atoms with Gasteiger partial charge in [-0.3, -0.25) is 9.59 Å². The zero-order valence-electron chi connectivity index (χ0n) is 21.9. The van der Waals surface area contributed by atoms with Gasteiger partial charge in [0.05, 0.1) is 0 Å². The molecule has 7 nitrogen and oxygen atoms in total. The van der Waals surface area contributed by atoms with Crippen molar-refractivity contribution < 1.29 is 19.1 Å². The highest BCUT2D eigenvalue weighted by atomic mass is 32.2. The summed E-state index contributed by atoms with van der Waals surface area (Å²) in [6, 6.07) is 5.72. The van der Waals surface area contributed by atoms with E-state index in [9.17, 15) is 14.4 Å². The maximum atomic E-state index is 13.8. The van der Waals surface area contributed by atoms with E-state index in [4.69, 9.17) is 4.74 Å². The smallest absolute Gasteiger partial charge is 0.408 e. The molecule has 0 aliphatic carbocycles. The summed E-state index contributed by atoms with van der Waals surface area (Å²) in [6.07, 6.45) is 3.39. The fourth-order valence-electron chi connectivity index (χ4n) is 3.38. The van der Waals surface area contributed by atoms with Crippen LogP contribution in [-0.2, 0) is 14.3 Å². The third-order valence-corrected chi connectivity index (χ3v) is 5.39. The Labute approximate surface area is 209 Å². The highest BCUT2D eigenvalue weighted by molar-refractivity contribution is 7.98. The van der Waals surface area contributed by atoms with Gasteiger partial charge in [0.1, 0.15) is 17.7 Å². The molecule has 0 aliphatic heterocycles. The van der Waals surface area contributed by atoms with Crippen LogP contribution in [0, 0.1) is 0 Å². The molecule has 3 amide bonds. The predicted molar refractivity (Wildman–Crippen MR) is 141 cm³/mol. The molecule has 1 aromatic carbocycles. The van der Waals surface area contributed by atoms with Crippen LogP contribution in [0.2, 0.25) is 0 Å². The van der Waals surface area contributed by atoms with Crippen molar-refractivity contribution in [1.29, 1.82) is 0 Å². The van der Waals surface area contributed by atoms with Crippen molar-refractivity contribution in [1.82, 2.24) is 15.5 Å². The maximum absolute atomic E-state index is 13.8. The Balaban J connectivity index is 3.40. The minimum atomic E-state index is -0.867. The zero-order valence-corrected chi connectivity index (χ0v) is 22.7. The molecule has 0 heterocycles. The number of rotatable bonds is 10. The molecular weight excluding hydrogens is 450 g/mol. The van der Waals surface area contributed by atoms with Crippen molar-refractivity contribution in [3.05, 3.63) is 42.0 Å². The summed E-state index contributed by atoms with van der Waals surface area (Å²) in [6.45, 7) is 16.9. The molecule has 0 fully saturated rings. The molecule has 1 aromatic rings. The van der Waals surface area contributed by atoms with Gasteiger partial charge >= 0.3 is 6.09 Å². The van der Waals surface area contributed by atoms with E-state index >= 15 is 0 Å². The quantitative estimate of drug-likeness (QED) is 0.492. The molecular formula is C26H41N3O4S. The van der Waals surface area contributed by atoms with E-state index in [2.05, 4.69) is 17.2 Å². The number of carbonyl (C=O) groups excluding carboxylic acids is 3. The van der Waals surface area contributed by atoms with Gasteiger partial charge in [-0.25, -0.2) is 4.79 Å². The Morgan fingerprint density at radius 3 is 2.32 bits per heavy atom. The highest BCUT2D eigenvalue weighted by Gasteiger charge is 2.36. The van der Waals surface area contributed by atoms with Gasteiger partial charge in [-0.1, -0.05) is 30.9 Å². The number of thioether (sulfide) groups is 1. The Morgan fingerprint density at radius 2 is 1.82 bits per heavy atom. The molecule has 0 aliphatic rings. The van der Waals surface area contributed by atoms with Crippen LogP contribution in [0.1, 0.15) is 72.1 Å². The van der Waals surface area contributed by atoms with Crippen LogP contribution in [0.4, 0.5) is 4.79 Å². The molecule has 0 spiro atoms. The van der Waals surface area contributed by atoms with E-state index in [0.29, 0.717) is 17.7 Å². The fourth-order valence-corrected chi connectivity index (χ4v) is 3.85. The van der Waals surface area contributed by atoms with Crippen LogP contribution < -0.4 is 10.6 Å². The number of carbonyl (C=O) groups is 3. The Hall–Kier alpha value is -2.48. The van der Waals surface area contributed by atoms with Gasteiger partial charge < -0.3 is 20.3 Å². The average molecular weight is 492 g/mol. The lowest BCUT2D eigenvalue weighted by Crippen LogP contribution is -2.54. The third-order valence-electron chi connectivity index (χ3n) is 4.74. The van der Waals surface area contributed by atoms with Crippen molar-refractivity contribution in [2.24, 2.45) is 0 Å². The molecule has 1 rings (SSSR count). The molecule has 0 aromatic heterocycles. The standard InChI is InChI=1S/C26H41N3O4S/c1-10-18-13-12-14-19(17-18)21(22(30)28-25(3,4)5)29(11-2)23(31)20(15-16-34-9)27-24(32)33-26(6,7)8/h10,12-14,17,20-21H,1,11,15-16H2,2-9H3,(H,27,32)(H,28,30). The number of amides is 3. The first-order valence-corrected chi connectivity index (χ1v) is 12.9. The number of ether oxygens (including phenoxy) is 1. The van der Waals surface area contributed by atoms with E-state index < -0.39 is 29.3 Å². The summed E-state index contributed by atoms with van der Waals surface area (Å²) in [7, 11) is 0. The second-order valence-corrected chi connectivity index (χ2v) is 11.1. The average Bonchev–Trinajstić information content (AvgIpc) is 2.71. The van der Waals surface area contributed by atoms with E-state index in [-0.39, 0.29) is 18.4 Å². The number of hydrogen-bond acceptors (Lipinski definition) is 5. The number of likely N-dealkylation sites (N-methyl/N-ethyl adjacent to an activating group) is 1. The van der Waals surface area contributed by atoms with Gasteiger partial charge in [0.25, 0.3) is 0 Å². The van der Waals surface area contributed by atoms with Gasteiger partial charge in [-0.05, 0) is 84.1 Å². The molecule has 0 bridgehead atoms. The van der Waals surface area contributed by atoms with Crippen LogP contribution in [0.25, 0.3) is 6.08 Å². The van der Waals surface area contributed by atoms with Gasteiger partial charge in [0, 0.05) is 12.1 Å². The van der Waals surface area contributed by atoms with Gasteiger partial charge in [0.2, 0.25) is 11.8 Å². The first kappa shape index (κ1) is 29.6. The summed E-state index contributed by atoms with van der Waals surface area (Å²) in [5, 5.41) is 5.73. The second-order valence-electron chi connectivity index (χ2n) is 10.1. The topological polar surface area (TPSA) is 87.7 Å². The van der Waals surface area contributed by atoms with Crippen molar-refractivity contribution in [3.8, 4) is 0 Å². The van der Waals surface area contributed by atoms with E-state index in [1.807, 2.05) is 58.2 Å². The number of benzene rings is 1. The minimum absolute atomic E-state index is 0.283. The fraction of sp³-hybridized carbons (Fsp3) is 0.577. The maximum Gasteiger partial charge on any atom is 0.408 e. The number of nitrogens with one attached hydrogen (secondary N) is 2. The van der Waals surface area contributed by atoms with Crippen molar-refractivity contribution in [2.45, 2.75) is 78.1 Å². The number of nitrogens with zero attached hydrogens (tertiary/aromatic N) is 1. The molecule has 2 unspecified atom stereocenters.